The van der Waals surface area contributed by atoms with Crippen LogP contribution in [0.15, 0.2) is 24.3 Å². The fourth-order valence-corrected chi connectivity index (χ4v) is 3.36. The molecular weight excluding hydrogens is 182 g/mol. The second-order valence-electron chi connectivity index (χ2n) is 5.24. The summed E-state index contributed by atoms with van der Waals surface area (Å²) in [4.78, 5) is 0. The summed E-state index contributed by atoms with van der Waals surface area (Å²) in [7, 11) is 0. The molecule has 0 spiro atoms. The van der Waals surface area contributed by atoms with Crippen molar-refractivity contribution >= 4 is 5.69 Å². The van der Waals surface area contributed by atoms with E-state index in [0.29, 0.717) is 0 Å². The van der Waals surface area contributed by atoms with Gasteiger partial charge in [-0.15, -0.1) is 0 Å². The summed E-state index contributed by atoms with van der Waals surface area (Å²) >= 11 is 0. The predicted octanol–water partition coefficient (Wildman–Crippen LogP) is 3.60. The summed E-state index contributed by atoms with van der Waals surface area (Å²) in [6, 6.07) is 9.39. The van der Waals surface area contributed by atoms with Gasteiger partial charge in [-0.05, 0) is 49.7 Å². The topological polar surface area (TPSA) is 12.0 Å². The number of rotatable bonds is 2. The van der Waals surface area contributed by atoms with Crippen LogP contribution in [0.5, 0.6) is 0 Å². The fraction of sp³-hybridized carbons (Fsp3) is 0.571. The van der Waals surface area contributed by atoms with E-state index in [2.05, 4.69) is 36.5 Å². The van der Waals surface area contributed by atoms with E-state index < -0.39 is 0 Å². The Morgan fingerprint density at radius 1 is 1.13 bits per heavy atom. The third kappa shape index (κ3) is 1.64. The second kappa shape index (κ2) is 3.55. The van der Waals surface area contributed by atoms with Gasteiger partial charge in [-0.2, -0.15) is 0 Å². The summed E-state index contributed by atoms with van der Waals surface area (Å²) < 4.78 is 0. The molecule has 0 radical (unpaired) electrons. The minimum Gasteiger partial charge on any atom is -0.382 e. The molecule has 0 aromatic heterocycles. The van der Waals surface area contributed by atoms with Crippen molar-refractivity contribution in [3.63, 3.8) is 0 Å². The van der Waals surface area contributed by atoms with Gasteiger partial charge < -0.3 is 5.32 Å². The van der Waals surface area contributed by atoms with Crippen molar-refractivity contribution in [1.82, 2.24) is 0 Å². The Morgan fingerprint density at radius 3 is 2.67 bits per heavy atom. The first kappa shape index (κ1) is 9.26. The van der Waals surface area contributed by atoms with Gasteiger partial charge in [0.15, 0.2) is 0 Å². The molecule has 2 aliphatic carbocycles. The van der Waals surface area contributed by atoms with Crippen molar-refractivity contribution in [2.24, 2.45) is 11.8 Å². The zero-order chi connectivity index (χ0) is 10.3. The number of aryl methyl sites for hydroxylation is 1. The highest BCUT2D eigenvalue weighted by atomic mass is 14.9. The van der Waals surface area contributed by atoms with Crippen LogP contribution in [0.3, 0.4) is 0 Å². The Bertz CT molecular complexity index is 358. The van der Waals surface area contributed by atoms with Gasteiger partial charge in [0.25, 0.3) is 0 Å². The third-order valence-corrected chi connectivity index (χ3v) is 4.22. The van der Waals surface area contributed by atoms with Gasteiger partial charge in [0.2, 0.25) is 0 Å². The number of anilines is 1. The van der Waals surface area contributed by atoms with Crippen LogP contribution in [-0.2, 0) is 0 Å². The molecule has 1 aromatic carbocycles. The van der Waals surface area contributed by atoms with E-state index in [0.717, 1.165) is 17.9 Å². The summed E-state index contributed by atoms with van der Waals surface area (Å²) in [6.07, 6.45) is 5.81. The number of benzene rings is 1. The summed E-state index contributed by atoms with van der Waals surface area (Å²) in [6.45, 7) is 2.19. The van der Waals surface area contributed by atoms with Crippen molar-refractivity contribution in [2.45, 2.75) is 38.6 Å². The highest BCUT2D eigenvalue weighted by Crippen LogP contribution is 2.45. The second-order valence-corrected chi connectivity index (χ2v) is 5.24. The first-order chi connectivity index (χ1) is 7.33. The van der Waals surface area contributed by atoms with E-state index in [1.807, 2.05) is 0 Å². The first-order valence-corrected chi connectivity index (χ1v) is 6.15. The van der Waals surface area contributed by atoms with Gasteiger partial charge in [-0.3, -0.25) is 0 Å². The standard InChI is InChI=1S/C14H19N/c1-10-4-2-3-5-13(10)15-14-9-11-6-7-12(14)8-11/h2-5,11-12,14-15H,6-9H2,1H3/t11-,12-,14-/m1/s1. The minimum atomic E-state index is 0.754. The van der Waals surface area contributed by atoms with Crippen molar-refractivity contribution in [3.05, 3.63) is 29.8 Å². The molecule has 15 heavy (non-hydrogen) atoms. The molecule has 0 aliphatic heterocycles. The quantitative estimate of drug-likeness (QED) is 0.771. The van der Waals surface area contributed by atoms with E-state index in [1.165, 1.54) is 36.9 Å². The van der Waals surface area contributed by atoms with E-state index in [-0.39, 0.29) is 0 Å². The maximum Gasteiger partial charge on any atom is 0.0372 e. The lowest BCUT2D eigenvalue weighted by molar-refractivity contribution is 0.439. The average molecular weight is 201 g/mol. The van der Waals surface area contributed by atoms with E-state index in [9.17, 15) is 0 Å². The normalized spacial score (nSPS) is 33.3. The molecule has 1 heteroatoms. The van der Waals surface area contributed by atoms with Crippen molar-refractivity contribution in [2.75, 3.05) is 5.32 Å². The lowest BCUT2D eigenvalue weighted by Crippen LogP contribution is -2.26. The van der Waals surface area contributed by atoms with E-state index in [4.69, 9.17) is 0 Å². The minimum absolute atomic E-state index is 0.754. The molecule has 1 aromatic rings. The summed E-state index contributed by atoms with van der Waals surface area (Å²) in [5.74, 6) is 1.98. The third-order valence-electron chi connectivity index (χ3n) is 4.22. The molecule has 1 N–H and O–H groups in total. The number of nitrogens with one attached hydrogen (secondary N) is 1. The Hall–Kier alpha value is -0.980. The van der Waals surface area contributed by atoms with Crippen LogP contribution in [0, 0.1) is 18.8 Å². The molecule has 80 valence electrons. The molecule has 2 aliphatic rings. The van der Waals surface area contributed by atoms with Crippen LogP contribution in [0.1, 0.15) is 31.2 Å². The van der Waals surface area contributed by atoms with Crippen LogP contribution in [0.25, 0.3) is 0 Å². The van der Waals surface area contributed by atoms with E-state index in [1.54, 1.807) is 0 Å². The predicted molar refractivity (Wildman–Crippen MR) is 64.0 cm³/mol. The van der Waals surface area contributed by atoms with Gasteiger partial charge in [0.1, 0.15) is 0 Å². The van der Waals surface area contributed by atoms with Crippen molar-refractivity contribution in [1.29, 1.82) is 0 Å². The lowest BCUT2D eigenvalue weighted by Gasteiger charge is -2.24. The highest BCUT2D eigenvalue weighted by molar-refractivity contribution is 5.51. The zero-order valence-electron chi connectivity index (χ0n) is 9.37. The Balaban J connectivity index is 1.73. The highest BCUT2D eigenvalue weighted by Gasteiger charge is 2.39. The molecule has 1 nitrogen and oxygen atoms in total. The maximum atomic E-state index is 3.74. The largest absolute Gasteiger partial charge is 0.382 e. The van der Waals surface area contributed by atoms with E-state index >= 15 is 0 Å². The van der Waals surface area contributed by atoms with Gasteiger partial charge in [-0.1, -0.05) is 24.6 Å². The summed E-state index contributed by atoms with van der Waals surface area (Å²) in [5, 5.41) is 3.74. The van der Waals surface area contributed by atoms with Gasteiger partial charge in [-0.25, -0.2) is 0 Å². The zero-order valence-corrected chi connectivity index (χ0v) is 9.37. The number of hydrogen-bond acceptors (Lipinski definition) is 1. The van der Waals surface area contributed by atoms with Crippen LogP contribution in [0.2, 0.25) is 0 Å². The molecule has 2 fully saturated rings. The molecule has 3 atom stereocenters. The average Bonchev–Trinajstić information content (AvgIpc) is 2.83. The summed E-state index contributed by atoms with van der Waals surface area (Å²) in [5.41, 5.74) is 2.72. The Labute approximate surface area is 91.9 Å². The number of fused-ring (bicyclic) bond motifs is 2. The van der Waals surface area contributed by atoms with Gasteiger partial charge >= 0.3 is 0 Å². The smallest absolute Gasteiger partial charge is 0.0372 e. The molecule has 2 bridgehead atoms. The van der Waals surface area contributed by atoms with Gasteiger partial charge in [0.05, 0.1) is 0 Å². The number of para-hydroxylation sites is 1. The molecule has 3 rings (SSSR count). The van der Waals surface area contributed by atoms with Gasteiger partial charge in [0, 0.05) is 11.7 Å². The van der Waals surface area contributed by atoms with Crippen LogP contribution in [0.4, 0.5) is 5.69 Å². The van der Waals surface area contributed by atoms with Crippen LogP contribution >= 0.6 is 0 Å². The Morgan fingerprint density at radius 2 is 2.00 bits per heavy atom. The molecule has 0 amide bonds. The fourth-order valence-electron chi connectivity index (χ4n) is 3.36. The lowest BCUT2D eigenvalue weighted by atomic mass is 9.95. The van der Waals surface area contributed by atoms with Crippen molar-refractivity contribution < 1.29 is 0 Å². The molecular formula is C14H19N. The molecule has 0 unspecified atom stereocenters. The monoisotopic (exact) mass is 201 g/mol. The first-order valence-electron chi connectivity index (χ1n) is 6.15. The Kier molecular flexibility index (Phi) is 2.19. The number of hydrogen-bond donors (Lipinski definition) is 1. The molecule has 0 heterocycles. The van der Waals surface area contributed by atoms with Crippen LogP contribution in [-0.4, -0.2) is 6.04 Å². The molecule has 0 saturated heterocycles. The van der Waals surface area contributed by atoms with Crippen molar-refractivity contribution in [3.8, 4) is 0 Å². The molecule has 2 saturated carbocycles. The van der Waals surface area contributed by atoms with Crippen LogP contribution < -0.4 is 5.32 Å². The SMILES string of the molecule is Cc1ccccc1N[C@@H]1C[C@@H]2CC[C@@H]1C2. The maximum absolute atomic E-state index is 3.74.